The van der Waals surface area contributed by atoms with Gasteiger partial charge in [-0.2, -0.15) is 0 Å². The number of aliphatic carboxylic acids is 1. The van der Waals surface area contributed by atoms with Gasteiger partial charge in [0.05, 0.1) is 70.0 Å². The largest absolute Gasteiger partial charge is 0.477 e. The number of carboxylic acids is 1. The zero-order chi connectivity index (χ0) is 85.3. The minimum absolute atomic E-state index is 0.110. The summed E-state index contributed by atoms with van der Waals surface area (Å²) in [5.41, 5.74) is 0. The number of nitrogens with one attached hydrogen (secondary N) is 3. The first-order chi connectivity index (χ1) is 55.5. The van der Waals surface area contributed by atoms with Gasteiger partial charge in [0.15, 0.2) is 31.5 Å². The summed E-state index contributed by atoms with van der Waals surface area (Å²) >= 11 is 0. The van der Waals surface area contributed by atoms with E-state index < -0.39 is 278 Å². The molecule has 33 atom stereocenters. The summed E-state index contributed by atoms with van der Waals surface area (Å²) in [6.07, 6.45) is -31.2. The van der Waals surface area contributed by atoms with E-state index in [4.69, 9.17) is 56.8 Å². The number of hydrogen-bond acceptors (Lipinski definition) is 35. The highest BCUT2D eigenvalue weighted by molar-refractivity contribution is 5.78. The Morgan fingerprint density at radius 3 is 1.49 bits per heavy atom. The van der Waals surface area contributed by atoms with E-state index >= 15 is 0 Å². The molecule has 676 valence electrons. The summed E-state index contributed by atoms with van der Waals surface area (Å²) in [4.78, 5) is 53.7. The van der Waals surface area contributed by atoms with E-state index in [1.165, 1.54) is 96.5 Å². The predicted octanol–water partition coefficient (Wildman–Crippen LogP) is -4.00. The molecule has 0 aromatic heterocycles. The molecule has 0 saturated carbocycles. The molecule has 6 fully saturated rings. The SMILES string of the molecule is CCCCCCCCCCCCC/C=C/[C@@H](O)[C@H](CO[C@@H]1OC(CO)[C@@H](O[C@@H]2OC(CO)[C@H](O[C@@H]3OC(CO)[C@H](O)[C@H](O[C@@H]4OC(CO)[C@H](O)[C@H](O)C4O[C@H]4OC(C)[C@@H](O)C(O)[C@@H]4O)C3NC(C)=O)[C@H](O[C@]3(C(=O)O)CC(O)[C@@H](NC(=O)CO)C([C@H](O)[C@H](O)CO)O3)C2O)[C@H](O)C1O)NC(=O)CCCCCCCCCCCCCCC. The van der Waals surface area contributed by atoms with Crippen LogP contribution in [0.15, 0.2) is 12.2 Å². The predicted molar refractivity (Wildman–Crippen MR) is 402 cm³/mol. The number of hydrogen-bond donors (Lipinski definition) is 23. The number of carbonyl (C=O) groups is 4. The van der Waals surface area contributed by atoms with Gasteiger partial charge in [0.2, 0.25) is 17.7 Å². The van der Waals surface area contributed by atoms with Crippen LogP contribution in [0.25, 0.3) is 0 Å². The Bertz CT molecular complexity index is 2800. The first-order valence-electron chi connectivity index (χ1n) is 41.6. The zero-order valence-corrected chi connectivity index (χ0v) is 67.1. The van der Waals surface area contributed by atoms with Crippen molar-refractivity contribution in [3.05, 3.63) is 12.2 Å². The first-order valence-corrected chi connectivity index (χ1v) is 41.6. The van der Waals surface area contributed by atoms with Crippen LogP contribution in [0.3, 0.4) is 0 Å². The number of allylic oxidation sites excluding steroid dienone is 1. The number of unbranched alkanes of at least 4 members (excludes halogenated alkanes) is 23. The highest BCUT2D eigenvalue weighted by Crippen LogP contribution is 2.42. The molecule has 12 unspecified atom stereocenters. The number of amides is 3. The number of aliphatic hydroxyl groups is 19. The number of rotatable bonds is 53. The summed E-state index contributed by atoms with van der Waals surface area (Å²) in [5.74, 6) is -8.38. The molecule has 6 saturated heterocycles. The van der Waals surface area contributed by atoms with Gasteiger partial charge in [0.1, 0.15) is 141 Å². The highest BCUT2D eigenvalue weighted by Gasteiger charge is 2.63. The summed E-state index contributed by atoms with van der Waals surface area (Å²) in [5, 5.41) is 231. The molecule has 6 aliphatic rings. The van der Waals surface area contributed by atoms with Crippen molar-refractivity contribution in [1.29, 1.82) is 0 Å². The molecule has 116 heavy (non-hydrogen) atoms. The molecule has 3 amide bonds. The van der Waals surface area contributed by atoms with E-state index in [-0.39, 0.29) is 6.42 Å². The van der Waals surface area contributed by atoms with Crippen molar-refractivity contribution in [2.75, 3.05) is 46.2 Å². The van der Waals surface area contributed by atoms with E-state index in [0.717, 1.165) is 71.1 Å². The van der Waals surface area contributed by atoms with Gasteiger partial charge in [-0.15, -0.1) is 0 Å². The zero-order valence-electron chi connectivity index (χ0n) is 67.1. The minimum Gasteiger partial charge on any atom is -0.477 e. The molecule has 0 aromatic carbocycles. The van der Waals surface area contributed by atoms with Crippen LogP contribution >= 0.6 is 0 Å². The van der Waals surface area contributed by atoms with Crippen LogP contribution in [0.2, 0.25) is 0 Å². The van der Waals surface area contributed by atoms with Gasteiger partial charge >= 0.3 is 5.97 Å². The summed E-state index contributed by atoms with van der Waals surface area (Å²) in [6.45, 7) is -1.13. The Labute approximate surface area is 676 Å². The quantitative estimate of drug-likeness (QED) is 0.0204. The van der Waals surface area contributed by atoms with E-state index in [1.807, 2.05) is 0 Å². The Kier molecular flexibility index (Phi) is 45.5. The minimum atomic E-state index is -3.50. The Morgan fingerprint density at radius 2 is 0.948 bits per heavy atom. The second-order valence-electron chi connectivity index (χ2n) is 31.4. The van der Waals surface area contributed by atoms with Gasteiger partial charge in [-0.05, 0) is 26.2 Å². The van der Waals surface area contributed by atoms with Crippen LogP contribution in [0.1, 0.15) is 201 Å². The van der Waals surface area contributed by atoms with Gasteiger partial charge in [-0.25, -0.2) is 4.79 Å². The lowest BCUT2D eigenvalue weighted by Gasteiger charge is -2.53. The maximum atomic E-state index is 14.0. The van der Waals surface area contributed by atoms with Crippen LogP contribution in [0, 0.1) is 0 Å². The van der Waals surface area contributed by atoms with Crippen LogP contribution in [-0.4, -0.2) is 374 Å². The molecule has 0 aromatic rings. The number of ether oxygens (including phenoxy) is 12. The summed E-state index contributed by atoms with van der Waals surface area (Å²) in [7, 11) is 0. The standard InChI is InChI=1S/C77H137N3O36/c1-5-7-9-11-13-15-17-19-21-23-25-27-29-31-44(88)43(79-51(91)32-30-28-26-24-22-20-18-16-14-12-10-8-6-2)40-105-72-63(101)61(99)65(49(37-84)109-72)111-74-64(102)69(116-77(76(103)104)33-45(89)53(80-52(92)39-86)68(115-77)56(94)46(90)34-81)66(50(38-85)110-74)112-71-54(78-42(4)87)67(58(96)48(36-83)107-71)113-75-70(60(98)57(95)47(35-82)108-75)114-73-62(100)59(97)55(93)41(3)106-73/h29,31,41,43-50,53-75,81-86,88-90,93-102H,5-28,30,32-40H2,1-4H3,(H,78,87)(H,79,91)(H,80,92)(H,103,104)/b31-29+/t41?,43-,44+,45?,46+,47?,48?,49?,50?,53+,54?,55+,56+,57-,58-,59?,60-,61+,62-,63?,64?,65+,66-,67+,68?,69+,70?,71-,72+,73+,74-,75-,77-/m0/s1. The third-order valence-electron chi connectivity index (χ3n) is 22.3. The van der Waals surface area contributed by atoms with Crippen molar-refractivity contribution in [3.8, 4) is 0 Å². The first kappa shape index (κ1) is 101. The van der Waals surface area contributed by atoms with Crippen LogP contribution in [-0.2, 0) is 76.0 Å². The normalized spacial score (nSPS) is 36.9. The average Bonchev–Trinajstić information content (AvgIpc) is 0.748. The summed E-state index contributed by atoms with van der Waals surface area (Å²) in [6, 6.07) is -5.17. The maximum absolute atomic E-state index is 14.0. The van der Waals surface area contributed by atoms with E-state index in [0.29, 0.717) is 12.8 Å². The Hall–Kier alpha value is -3.62. The number of carbonyl (C=O) groups excluding carboxylic acids is 3. The Balaban J connectivity index is 1.29. The van der Waals surface area contributed by atoms with Crippen LogP contribution < -0.4 is 16.0 Å². The lowest BCUT2D eigenvalue weighted by Crippen LogP contribution is -2.72. The monoisotopic (exact) mass is 1680 g/mol. The van der Waals surface area contributed by atoms with Crippen molar-refractivity contribution in [3.63, 3.8) is 0 Å². The fraction of sp³-hybridized carbons (Fsp3) is 0.922. The maximum Gasteiger partial charge on any atom is 0.364 e. The van der Waals surface area contributed by atoms with E-state index in [2.05, 4.69) is 29.8 Å². The second-order valence-corrected chi connectivity index (χ2v) is 31.4. The smallest absolute Gasteiger partial charge is 0.364 e. The van der Waals surface area contributed by atoms with Crippen molar-refractivity contribution < 1.29 is 178 Å². The molecule has 39 nitrogen and oxygen atoms in total. The number of aliphatic hydroxyl groups excluding tert-OH is 19. The topological polar surface area (TPSA) is 620 Å². The number of carboxylic acid groups (broad SMARTS) is 1. The molecule has 23 N–H and O–H groups in total. The molecule has 39 heteroatoms. The van der Waals surface area contributed by atoms with Crippen LogP contribution in [0.4, 0.5) is 0 Å². The molecule has 0 spiro atoms. The van der Waals surface area contributed by atoms with Crippen molar-refractivity contribution >= 4 is 23.7 Å². The lowest BCUT2D eigenvalue weighted by atomic mass is 9.88. The third-order valence-corrected chi connectivity index (χ3v) is 22.3. The fourth-order valence-corrected chi connectivity index (χ4v) is 15.4. The van der Waals surface area contributed by atoms with Crippen molar-refractivity contribution in [2.24, 2.45) is 0 Å². The molecule has 0 radical (unpaired) electrons. The van der Waals surface area contributed by atoms with Gasteiger partial charge < -0.3 is 175 Å². The van der Waals surface area contributed by atoms with Crippen LogP contribution in [0.5, 0.6) is 0 Å². The van der Waals surface area contributed by atoms with Crippen molar-refractivity contribution in [1.82, 2.24) is 16.0 Å². The van der Waals surface area contributed by atoms with Gasteiger partial charge in [0.25, 0.3) is 5.79 Å². The third kappa shape index (κ3) is 29.3. The average molecular weight is 1680 g/mol. The molecule has 0 bridgehead atoms. The Morgan fingerprint density at radius 1 is 0.474 bits per heavy atom. The van der Waals surface area contributed by atoms with E-state index in [1.54, 1.807) is 6.08 Å². The molecular formula is C77H137N3O36. The lowest BCUT2D eigenvalue weighted by molar-refractivity contribution is -0.405. The van der Waals surface area contributed by atoms with Gasteiger partial charge in [0, 0.05) is 19.8 Å². The molecular weight excluding hydrogens is 1540 g/mol. The molecule has 0 aliphatic carbocycles. The molecule has 6 rings (SSSR count). The molecule has 6 aliphatic heterocycles. The second kappa shape index (κ2) is 52.1. The summed E-state index contributed by atoms with van der Waals surface area (Å²) < 4.78 is 72.4. The molecule has 6 heterocycles. The highest BCUT2D eigenvalue weighted by atomic mass is 16.8. The van der Waals surface area contributed by atoms with Gasteiger partial charge in [-0.3, -0.25) is 14.4 Å². The fourth-order valence-electron chi connectivity index (χ4n) is 15.4. The van der Waals surface area contributed by atoms with Gasteiger partial charge in [-0.1, -0.05) is 167 Å². The van der Waals surface area contributed by atoms with Crippen molar-refractivity contribution in [2.45, 2.75) is 403 Å². The van der Waals surface area contributed by atoms with E-state index in [9.17, 15) is 121 Å².